The van der Waals surface area contributed by atoms with E-state index in [4.69, 9.17) is 5.73 Å². The maximum absolute atomic E-state index is 11.3. The third kappa shape index (κ3) is 1.97. The number of urea groups is 1. The van der Waals surface area contributed by atoms with Crippen LogP contribution in [0.15, 0.2) is 0 Å². The zero-order chi connectivity index (χ0) is 10.9. The van der Waals surface area contributed by atoms with Crippen molar-refractivity contribution in [2.75, 3.05) is 7.05 Å². The molecule has 1 saturated heterocycles. The van der Waals surface area contributed by atoms with E-state index in [2.05, 4.69) is 19.2 Å². The minimum atomic E-state index is -0.546. The summed E-state index contributed by atoms with van der Waals surface area (Å²) in [5, 5.41) is 2.57. The molecule has 3 N–H and O–H groups in total. The molecule has 0 aliphatic carbocycles. The molecular weight excluding hydrogens is 182 g/mol. The molecule has 3 amide bonds. The molecular formula is C9H17N3O2. The molecule has 0 bridgehead atoms. The van der Waals surface area contributed by atoms with E-state index >= 15 is 0 Å². The monoisotopic (exact) mass is 199 g/mol. The Bertz CT molecular complexity index is 252. The standard InChI is InChI=1S/C9H17N3O2/c1-5(2)4-6-7(8(10)13)11-9(14)12(6)3/h5-7H,4H2,1-3H3,(H2,10,13)(H,11,14). The van der Waals surface area contributed by atoms with Crippen LogP contribution < -0.4 is 11.1 Å². The summed E-state index contributed by atoms with van der Waals surface area (Å²) in [6.07, 6.45) is 0.781. The van der Waals surface area contributed by atoms with Gasteiger partial charge in [-0.15, -0.1) is 0 Å². The zero-order valence-corrected chi connectivity index (χ0v) is 8.78. The van der Waals surface area contributed by atoms with Crippen molar-refractivity contribution in [3.8, 4) is 0 Å². The first kappa shape index (κ1) is 10.8. The van der Waals surface area contributed by atoms with Gasteiger partial charge in [-0.2, -0.15) is 0 Å². The number of carbonyl (C=O) groups excluding carboxylic acids is 2. The van der Waals surface area contributed by atoms with Gasteiger partial charge in [0.15, 0.2) is 0 Å². The summed E-state index contributed by atoms with van der Waals surface area (Å²) in [5.41, 5.74) is 5.21. The molecule has 1 heterocycles. The van der Waals surface area contributed by atoms with Gasteiger partial charge in [-0.3, -0.25) is 4.79 Å². The number of nitrogens with two attached hydrogens (primary N) is 1. The second-order valence-electron chi connectivity index (χ2n) is 4.14. The first-order valence-corrected chi connectivity index (χ1v) is 4.76. The second-order valence-corrected chi connectivity index (χ2v) is 4.14. The number of hydrogen-bond donors (Lipinski definition) is 2. The van der Waals surface area contributed by atoms with Gasteiger partial charge in [-0.1, -0.05) is 13.8 Å². The van der Waals surface area contributed by atoms with Crippen molar-refractivity contribution in [1.29, 1.82) is 0 Å². The van der Waals surface area contributed by atoms with Crippen molar-refractivity contribution in [3.63, 3.8) is 0 Å². The number of carbonyl (C=O) groups is 2. The summed E-state index contributed by atoms with van der Waals surface area (Å²) in [6.45, 7) is 4.10. The summed E-state index contributed by atoms with van der Waals surface area (Å²) in [4.78, 5) is 23.9. The number of nitrogens with zero attached hydrogens (tertiary/aromatic N) is 1. The van der Waals surface area contributed by atoms with Crippen molar-refractivity contribution >= 4 is 11.9 Å². The van der Waals surface area contributed by atoms with Crippen LogP contribution in [0.1, 0.15) is 20.3 Å². The zero-order valence-electron chi connectivity index (χ0n) is 8.78. The molecule has 0 aromatic heterocycles. The average molecular weight is 199 g/mol. The molecule has 5 nitrogen and oxygen atoms in total. The van der Waals surface area contributed by atoms with Gasteiger partial charge < -0.3 is 16.0 Å². The highest BCUT2D eigenvalue weighted by atomic mass is 16.2. The maximum atomic E-state index is 11.3. The number of likely N-dealkylation sites (N-methyl/N-ethyl adjacent to an activating group) is 1. The number of primary amides is 1. The fourth-order valence-electron chi connectivity index (χ4n) is 1.74. The predicted octanol–water partition coefficient (Wildman–Crippen LogP) is -0.0900. The summed E-state index contributed by atoms with van der Waals surface area (Å²) >= 11 is 0. The van der Waals surface area contributed by atoms with Crippen LogP contribution in [0, 0.1) is 5.92 Å². The van der Waals surface area contributed by atoms with Crippen molar-refractivity contribution in [2.45, 2.75) is 32.4 Å². The smallest absolute Gasteiger partial charge is 0.318 e. The van der Waals surface area contributed by atoms with Crippen LogP contribution in [0.4, 0.5) is 4.79 Å². The number of nitrogens with one attached hydrogen (secondary N) is 1. The van der Waals surface area contributed by atoms with E-state index in [9.17, 15) is 9.59 Å². The predicted molar refractivity (Wildman–Crippen MR) is 52.5 cm³/mol. The Morgan fingerprint density at radius 3 is 2.64 bits per heavy atom. The molecule has 80 valence electrons. The minimum Gasteiger partial charge on any atom is -0.368 e. The van der Waals surface area contributed by atoms with Crippen LogP contribution in [0.2, 0.25) is 0 Å². The lowest BCUT2D eigenvalue weighted by Gasteiger charge is -2.23. The molecule has 5 heteroatoms. The highest BCUT2D eigenvalue weighted by Crippen LogP contribution is 2.18. The van der Waals surface area contributed by atoms with Crippen LogP contribution in [0.25, 0.3) is 0 Å². The van der Waals surface area contributed by atoms with E-state index in [0.29, 0.717) is 5.92 Å². The van der Waals surface area contributed by atoms with Crippen molar-refractivity contribution in [1.82, 2.24) is 10.2 Å². The highest BCUT2D eigenvalue weighted by Gasteiger charge is 2.40. The normalized spacial score (nSPS) is 26.9. The molecule has 0 aromatic rings. The molecule has 1 aliphatic rings. The van der Waals surface area contributed by atoms with Gasteiger partial charge in [-0.05, 0) is 12.3 Å². The van der Waals surface area contributed by atoms with Crippen molar-refractivity contribution in [2.24, 2.45) is 11.7 Å². The number of hydrogen-bond acceptors (Lipinski definition) is 2. The lowest BCUT2D eigenvalue weighted by Crippen LogP contribution is -2.45. The minimum absolute atomic E-state index is 0.111. The van der Waals surface area contributed by atoms with E-state index in [0.717, 1.165) is 6.42 Å². The van der Waals surface area contributed by atoms with Gasteiger partial charge in [0, 0.05) is 7.05 Å². The van der Waals surface area contributed by atoms with Crippen LogP contribution in [0.3, 0.4) is 0 Å². The van der Waals surface area contributed by atoms with Gasteiger partial charge in [-0.25, -0.2) is 4.79 Å². The lowest BCUT2D eigenvalue weighted by atomic mass is 9.98. The van der Waals surface area contributed by atoms with Gasteiger partial charge in [0.2, 0.25) is 5.91 Å². The molecule has 0 aromatic carbocycles. The summed E-state index contributed by atoms with van der Waals surface area (Å²) < 4.78 is 0. The fourth-order valence-corrected chi connectivity index (χ4v) is 1.74. The Morgan fingerprint density at radius 1 is 1.64 bits per heavy atom. The molecule has 1 fully saturated rings. The Morgan fingerprint density at radius 2 is 2.21 bits per heavy atom. The highest BCUT2D eigenvalue weighted by molar-refractivity contribution is 5.90. The third-order valence-corrected chi connectivity index (χ3v) is 2.50. The van der Waals surface area contributed by atoms with Crippen molar-refractivity contribution in [3.05, 3.63) is 0 Å². The summed E-state index contributed by atoms with van der Waals surface area (Å²) in [6, 6.07) is -0.880. The van der Waals surface area contributed by atoms with Crippen LogP contribution in [-0.2, 0) is 4.79 Å². The topological polar surface area (TPSA) is 75.4 Å². The van der Waals surface area contributed by atoms with Crippen LogP contribution >= 0.6 is 0 Å². The van der Waals surface area contributed by atoms with Crippen LogP contribution in [0.5, 0.6) is 0 Å². The molecule has 14 heavy (non-hydrogen) atoms. The van der Waals surface area contributed by atoms with E-state index in [1.54, 1.807) is 11.9 Å². The first-order chi connectivity index (χ1) is 6.43. The molecule has 1 rings (SSSR count). The second kappa shape index (κ2) is 3.86. The van der Waals surface area contributed by atoms with Gasteiger partial charge in [0.05, 0.1) is 6.04 Å². The number of amides is 3. The Labute approximate surface area is 83.6 Å². The SMILES string of the molecule is CC(C)CC1C(C(N)=O)NC(=O)N1C. The largest absolute Gasteiger partial charge is 0.368 e. The summed E-state index contributed by atoms with van der Waals surface area (Å²) in [5.74, 6) is -0.0367. The fraction of sp³-hybridized carbons (Fsp3) is 0.778. The van der Waals surface area contributed by atoms with E-state index in [1.807, 2.05) is 0 Å². The van der Waals surface area contributed by atoms with Crippen molar-refractivity contribution < 1.29 is 9.59 Å². The lowest BCUT2D eigenvalue weighted by molar-refractivity contribution is -0.120. The van der Waals surface area contributed by atoms with Gasteiger partial charge in [0.25, 0.3) is 0 Å². The molecule has 1 aliphatic heterocycles. The van der Waals surface area contributed by atoms with Crippen LogP contribution in [-0.4, -0.2) is 36.0 Å². The van der Waals surface area contributed by atoms with E-state index in [1.165, 1.54) is 0 Å². The van der Waals surface area contributed by atoms with E-state index in [-0.39, 0.29) is 12.1 Å². The Balaban J connectivity index is 2.76. The van der Waals surface area contributed by atoms with Gasteiger partial charge in [0.1, 0.15) is 6.04 Å². The summed E-state index contributed by atoms with van der Waals surface area (Å²) in [7, 11) is 1.69. The van der Waals surface area contributed by atoms with E-state index < -0.39 is 11.9 Å². The maximum Gasteiger partial charge on any atom is 0.318 e. The molecule has 0 saturated carbocycles. The Hall–Kier alpha value is -1.26. The molecule has 2 unspecified atom stereocenters. The third-order valence-electron chi connectivity index (χ3n) is 2.50. The number of rotatable bonds is 3. The average Bonchev–Trinajstić information content (AvgIpc) is 2.32. The van der Waals surface area contributed by atoms with Gasteiger partial charge >= 0.3 is 6.03 Å². The first-order valence-electron chi connectivity index (χ1n) is 4.76. The molecule has 0 radical (unpaired) electrons. The molecule has 0 spiro atoms. The quantitative estimate of drug-likeness (QED) is 0.666. The molecule has 2 atom stereocenters. The Kier molecular flexibility index (Phi) is 2.98.